The zero-order chi connectivity index (χ0) is 14.1. The van der Waals surface area contributed by atoms with Gasteiger partial charge in [-0.2, -0.15) is 0 Å². The minimum atomic E-state index is -0.386. The monoisotopic (exact) mass is 271 g/mol. The Morgan fingerprint density at radius 1 is 1.40 bits per heavy atom. The highest BCUT2D eigenvalue weighted by molar-refractivity contribution is 5.82. The second kappa shape index (κ2) is 5.07. The zero-order valence-corrected chi connectivity index (χ0v) is 11.4. The Morgan fingerprint density at radius 2 is 2.20 bits per heavy atom. The summed E-state index contributed by atoms with van der Waals surface area (Å²) < 4.78 is 0. The number of hydrogen-bond acceptors (Lipinski definition) is 4. The second-order valence-corrected chi connectivity index (χ2v) is 5.53. The molecule has 0 aliphatic heterocycles. The molecule has 0 amide bonds. The van der Waals surface area contributed by atoms with Crippen LogP contribution in [0, 0.1) is 22.0 Å². The topological polar surface area (TPSA) is 68.1 Å². The summed E-state index contributed by atoms with van der Waals surface area (Å²) in [5.74, 6) is 2.37. The third kappa shape index (κ3) is 2.71. The summed E-state index contributed by atoms with van der Waals surface area (Å²) in [6, 6.07) is 8.50. The van der Waals surface area contributed by atoms with Gasteiger partial charge in [0.15, 0.2) is 0 Å². The number of rotatable bonds is 5. The van der Waals surface area contributed by atoms with Crippen LogP contribution >= 0.6 is 0 Å². The maximum absolute atomic E-state index is 10.7. The molecule has 1 heterocycles. The highest BCUT2D eigenvalue weighted by Gasteiger charge is 2.27. The minimum absolute atomic E-state index is 0.0994. The van der Waals surface area contributed by atoms with E-state index in [1.165, 1.54) is 18.9 Å². The quantitative estimate of drug-likeness (QED) is 0.666. The van der Waals surface area contributed by atoms with Crippen LogP contribution in [0.3, 0.4) is 0 Å². The van der Waals surface area contributed by atoms with Crippen molar-refractivity contribution in [3.05, 3.63) is 40.4 Å². The van der Waals surface area contributed by atoms with E-state index < -0.39 is 0 Å². The molecule has 0 spiro atoms. The molecule has 1 aliphatic carbocycles. The number of benzene rings is 1. The van der Waals surface area contributed by atoms with Crippen molar-refractivity contribution < 1.29 is 4.92 Å². The van der Waals surface area contributed by atoms with Crippen LogP contribution in [0.1, 0.15) is 19.8 Å². The molecule has 1 saturated carbocycles. The molecule has 1 atom stereocenters. The fraction of sp³-hybridized carbons (Fsp3) is 0.400. The molecule has 1 unspecified atom stereocenters. The van der Waals surface area contributed by atoms with Crippen molar-refractivity contribution >= 4 is 22.4 Å². The number of fused-ring (bicyclic) bond motifs is 1. The predicted molar refractivity (Wildman–Crippen MR) is 78.8 cm³/mol. The molecule has 1 N–H and O–H groups in total. The summed E-state index contributed by atoms with van der Waals surface area (Å²) in [6.45, 7) is 3.19. The number of pyridine rings is 1. The van der Waals surface area contributed by atoms with Gasteiger partial charge < -0.3 is 5.32 Å². The van der Waals surface area contributed by atoms with E-state index in [1.54, 1.807) is 12.1 Å². The summed E-state index contributed by atoms with van der Waals surface area (Å²) in [5, 5.41) is 14.9. The van der Waals surface area contributed by atoms with Crippen molar-refractivity contribution in [1.82, 2.24) is 4.98 Å². The largest absolute Gasteiger partial charge is 0.370 e. The van der Waals surface area contributed by atoms with Crippen LogP contribution in [0.15, 0.2) is 30.3 Å². The smallest absolute Gasteiger partial charge is 0.270 e. The number of nitro groups is 1. The number of aromatic nitrogens is 1. The van der Waals surface area contributed by atoms with Crippen molar-refractivity contribution in [2.24, 2.45) is 11.8 Å². The second-order valence-electron chi connectivity index (χ2n) is 5.53. The number of nitro benzene ring substituents is 1. The van der Waals surface area contributed by atoms with Gasteiger partial charge >= 0.3 is 0 Å². The molecule has 5 heteroatoms. The van der Waals surface area contributed by atoms with Crippen LogP contribution in [0.25, 0.3) is 10.9 Å². The van der Waals surface area contributed by atoms with Crippen LogP contribution in [0.2, 0.25) is 0 Å². The Kier molecular flexibility index (Phi) is 3.26. The number of hydrogen-bond donors (Lipinski definition) is 1. The third-order valence-corrected chi connectivity index (χ3v) is 3.92. The molecule has 3 rings (SSSR count). The molecule has 1 aromatic carbocycles. The summed E-state index contributed by atoms with van der Waals surface area (Å²) in [6.07, 6.45) is 2.69. The van der Waals surface area contributed by atoms with E-state index in [2.05, 4.69) is 17.2 Å². The number of nitrogens with one attached hydrogen (secondary N) is 1. The van der Waals surface area contributed by atoms with Crippen molar-refractivity contribution in [2.75, 3.05) is 11.9 Å². The van der Waals surface area contributed by atoms with Crippen molar-refractivity contribution in [3.8, 4) is 0 Å². The van der Waals surface area contributed by atoms with Gasteiger partial charge in [0.1, 0.15) is 5.82 Å². The third-order valence-electron chi connectivity index (χ3n) is 3.92. The lowest BCUT2D eigenvalue weighted by molar-refractivity contribution is -0.384. The van der Waals surface area contributed by atoms with Gasteiger partial charge in [-0.3, -0.25) is 10.1 Å². The maximum atomic E-state index is 10.7. The lowest BCUT2D eigenvalue weighted by atomic mass is 10.1. The average molecular weight is 271 g/mol. The lowest BCUT2D eigenvalue weighted by Crippen LogP contribution is -2.13. The van der Waals surface area contributed by atoms with Crippen molar-refractivity contribution in [1.29, 1.82) is 0 Å². The molecule has 20 heavy (non-hydrogen) atoms. The Balaban J connectivity index is 1.76. The average Bonchev–Trinajstić information content (AvgIpc) is 3.28. The highest BCUT2D eigenvalue weighted by Crippen LogP contribution is 2.36. The van der Waals surface area contributed by atoms with Crippen LogP contribution in [-0.4, -0.2) is 16.5 Å². The van der Waals surface area contributed by atoms with Gasteiger partial charge in [-0.15, -0.1) is 0 Å². The van der Waals surface area contributed by atoms with Crippen LogP contribution < -0.4 is 5.32 Å². The molecular formula is C15H17N3O2. The first-order valence-electron chi connectivity index (χ1n) is 6.92. The first kappa shape index (κ1) is 12.8. The maximum Gasteiger partial charge on any atom is 0.270 e. The van der Waals surface area contributed by atoms with Gasteiger partial charge in [-0.25, -0.2) is 4.98 Å². The van der Waals surface area contributed by atoms with E-state index in [4.69, 9.17) is 0 Å². The highest BCUT2D eigenvalue weighted by atomic mass is 16.6. The molecule has 0 bridgehead atoms. The zero-order valence-electron chi connectivity index (χ0n) is 11.4. The predicted octanol–water partition coefficient (Wildman–Crippen LogP) is 3.60. The van der Waals surface area contributed by atoms with Crippen molar-refractivity contribution in [2.45, 2.75) is 19.8 Å². The molecular weight excluding hydrogens is 254 g/mol. The molecule has 0 saturated heterocycles. The first-order chi connectivity index (χ1) is 9.63. The van der Waals surface area contributed by atoms with E-state index >= 15 is 0 Å². The molecule has 2 aromatic rings. The molecule has 1 aromatic heterocycles. The summed E-state index contributed by atoms with van der Waals surface area (Å²) in [4.78, 5) is 14.8. The normalized spacial score (nSPS) is 16.1. The molecule has 5 nitrogen and oxygen atoms in total. The standard InChI is InChI=1S/C15H17N3O2/c1-10(11-2-3-11)9-16-15-7-4-12-8-13(18(19)20)5-6-14(12)17-15/h4-8,10-11H,2-3,9H2,1H3,(H,16,17). The Morgan fingerprint density at radius 3 is 2.90 bits per heavy atom. The van der Waals surface area contributed by atoms with E-state index in [0.29, 0.717) is 5.92 Å². The van der Waals surface area contributed by atoms with Crippen molar-refractivity contribution in [3.63, 3.8) is 0 Å². The molecule has 1 fully saturated rings. The van der Waals surface area contributed by atoms with E-state index in [9.17, 15) is 10.1 Å². The fourth-order valence-electron chi connectivity index (χ4n) is 2.42. The van der Waals surface area contributed by atoms with Crippen LogP contribution in [0.5, 0.6) is 0 Å². The van der Waals surface area contributed by atoms with Gasteiger partial charge in [0.05, 0.1) is 10.4 Å². The van der Waals surface area contributed by atoms with E-state index in [-0.39, 0.29) is 10.6 Å². The molecule has 1 aliphatic rings. The summed E-state index contributed by atoms with van der Waals surface area (Å²) in [7, 11) is 0. The minimum Gasteiger partial charge on any atom is -0.370 e. The van der Waals surface area contributed by atoms with Gasteiger partial charge in [0, 0.05) is 24.1 Å². The summed E-state index contributed by atoms with van der Waals surface area (Å²) in [5.41, 5.74) is 0.877. The van der Waals surface area contributed by atoms with E-state index in [1.807, 2.05) is 12.1 Å². The number of nitrogens with zero attached hydrogens (tertiary/aromatic N) is 2. The number of anilines is 1. The van der Waals surface area contributed by atoms with E-state index in [0.717, 1.165) is 29.2 Å². The van der Waals surface area contributed by atoms with Crippen LogP contribution in [0.4, 0.5) is 11.5 Å². The van der Waals surface area contributed by atoms with Gasteiger partial charge in [0.25, 0.3) is 5.69 Å². The SMILES string of the molecule is CC(CNc1ccc2cc([N+](=O)[O-])ccc2n1)C1CC1. The Bertz CT molecular complexity index is 653. The lowest BCUT2D eigenvalue weighted by Gasteiger charge is -2.12. The molecule has 0 radical (unpaired) electrons. The Hall–Kier alpha value is -2.17. The first-order valence-corrected chi connectivity index (χ1v) is 6.92. The van der Waals surface area contributed by atoms with Gasteiger partial charge in [-0.1, -0.05) is 6.92 Å². The summed E-state index contributed by atoms with van der Waals surface area (Å²) >= 11 is 0. The molecule has 104 valence electrons. The number of non-ortho nitro benzene ring substituents is 1. The Labute approximate surface area is 117 Å². The van der Waals surface area contributed by atoms with Crippen LogP contribution in [-0.2, 0) is 0 Å². The fourth-order valence-corrected chi connectivity index (χ4v) is 2.42. The van der Waals surface area contributed by atoms with Gasteiger partial charge in [-0.05, 0) is 42.9 Å². The van der Waals surface area contributed by atoms with Gasteiger partial charge in [0.2, 0.25) is 0 Å².